The molecule has 0 aliphatic heterocycles. The van der Waals surface area contributed by atoms with Gasteiger partial charge in [0, 0.05) is 20.4 Å². The van der Waals surface area contributed by atoms with Gasteiger partial charge in [-0.15, -0.1) is 0 Å². The Hall–Kier alpha value is -1.46. The van der Waals surface area contributed by atoms with Crippen molar-refractivity contribution < 1.29 is 9.84 Å². The summed E-state index contributed by atoms with van der Waals surface area (Å²) in [5, 5.41) is 0. The van der Waals surface area contributed by atoms with Gasteiger partial charge in [0.1, 0.15) is 4.90 Å². The SMILES string of the molecule is C=Cc1ccncc1S(=O)(=O)NCC(=C)C.CC.[HH]. The Kier molecular flexibility index (Phi) is 7.16. The van der Waals surface area contributed by atoms with E-state index in [4.69, 9.17) is 0 Å². The quantitative estimate of drug-likeness (QED) is 0.837. The number of hydrogen-bond donors (Lipinski definition) is 1. The van der Waals surface area contributed by atoms with Crippen LogP contribution in [-0.4, -0.2) is 19.9 Å². The van der Waals surface area contributed by atoms with Crippen molar-refractivity contribution in [3.63, 3.8) is 0 Å². The van der Waals surface area contributed by atoms with Crippen molar-refractivity contribution in [3.8, 4) is 0 Å². The molecule has 0 atom stereocenters. The molecule has 0 unspecified atom stereocenters. The highest BCUT2D eigenvalue weighted by Gasteiger charge is 2.16. The van der Waals surface area contributed by atoms with E-state index < -0.39 is 10.0 Å². The van der Waals surface area contributed by atoms with E-state index in [1.54, 1.807) is 13.0 Å². The molecular weight excluding hydrogens is 248 g/mol. The molecule has 1 heterocycles. The standard InChI is InChI=1S/C11H14N2O2S.C2H6.H2/c1-4-10-5-6-12-8-11(10)16(14,15)13-7-9(2)3;1-2;/h4-6,8,13H,1-2,7H2,3H3;1-2H3;1H. The summed E-state index contributed by atoms with van der Waals surface area (Å²) in [6.45, 7) is 13.2. The van der Waals surface area contributed by atoms with Crippen molar-refractivity contribution in [1.82, 2.24) is 9.71 Å². The van der Waals surface area contributed by atoms with Gasteiger partial charge in [-0.25, -0.2) is 13.1 Å². The highest BCUT2D eigenvalue weighted by Crippen LogP contribution is 2.14. The summed E-state index contributed by atoms with van der Waals surface area (Å²) < 4.78 is 26.2. The molecule has 1 N–H and O–H groups in total. The van der Waals surface area contributed by atoms with Gasteiger partial charge in [-0.1, -0.05) is 38.7 Å². The van der Waals surface area contributed by atoms with Crippen LogP contribution in [0, 0.1) is 0 Å². The number of hydrogen-bond acceptors (Lipinski definition) is 3. The molecule has 1 aromatic rings. The van der Waals surface area contributed by atoms with E-state index in [1.807, 2.05) is 13.8 Å². The van der Waals surface area contributed by atoms with Crippen molar-refractivity contribution in [2.45, 2.75) is 25.7 Å². The van der Waals surface area contributed by atoms with Crippen LogP contribution in [0.1, 0.15) is 27.8 Å². The van der Waals surface area contributed by atoms with Gasteiger partial charge in [0.2, 0.25) is 10.0 Å². The van der Waals surface area contributed by atoms with Gasteiger partial charge in [-0.3, -0.25) is 4.98 Å². The molecule has 5 heteroatoms. The Morgan fingerprint density at radius 3 is 2.67 bits per heavy atom. The fraction of sp³-hybridized carbons (Fsp3) is 0.308. The van der Waals surface area contributed by atoms with E-state index in [9.17, 15) is 8.42 Å². The van der Waals surface area contributed by atoms with Crippen LogP contribution in [0.15, 0.2) is 42.1 Å². The molecular formula is C13H22N2O2S. The predicted molar refractivity (Wildman–Crippen MR) is 77.8 cm³/mol. The van der Waals surface area contributed by atoms with Crippen LogP contribution in [0.5, 0.6) is 0 Å². The third-order valence-electron chi connectivity index (χ3n) is 1.89. The van der Waals surface area contributed by atoms with Crippen molar-refractivity contribution in [3.05, 3.63) is 42.8 Å². The first-order chi connectivity index (χ1) is 8.47. The van der Waals surface area contributed by atoms with E-state index in [1.165, 1.54) is 18.5 Å². The lowest BCUT2D eigenvalue weighted by Gasteiger charge is -2.08. The number of pyridine rings is 1. The zero-order valence-electron chi connectivity index (χ0n) is 11.1. The summed E-state index contributed by atoms with van der Waals surface area (Å²) in [7, 11) is -3.54. The van der Waals surface area contributed by atoms with E-state index in [0.29, 0.717) is 5.56 Å². The molecule has 0 bridgehead atoms. The summed E-state index contributed by atoms with van der Waals surface area (Å²) in [4.78, 5) is 3.93. The monoisotopic (exact) mass is 270 g/mol. The average Bonchev–Trinajstić information content (AvgIpc) is 2.39. The minimum atomic E-state index is -3.54. The van der Waals surface area contributed by atoms with Crippen LogP contribution in [-0.2, 0) is 10.0 Å². The van der Waals surface area contributed by atoms with Crippen molar-refractivity contribution >= 4 is 16.1 Å². The number of rotatable bonds is 5. The second-order valence-corrected chi connectivity index (χ2v) is 5.13. The van der Waals surface area contributed by atoms with Gasteiger partial charge < -0.3 is 0 Å². The van der Waals surface area contributed by atoms with Gasteiger partial charge >= 0.3 is 0 Å². The molecule has 0 amide bonds. The second kappa shape index (κ2) is 7.79. The Bertz CT molecular complexity index is 513. The molecule has 1 aromatic heterocycles. The second-order valence-electron chi connectivity index (χ2n) is 3.40. The smallest absolute Gasteiger partial charge is 0.242 e. The van der Waals surface area contributed by atoms with E-state index in [-0.39, 0.29) is 12.9 Å². The maximum Gasteiger partial charge on any atom is 0.242 e. The number of nitrogens with zero attached hydrogens (tertiary/aromatic N) is 1. The zero-order chi connectivity index (χ0) is 14.2. The van der Waals surface area contributed by atoms with Crippen molar-refractivity contribution in [2.24, 2.45) is 0 Å². The molecule has 0 fully saturated rings. The number of aromatic nitrogens is 1. The topological polar surface area (TPSA) is 59.1 Å². The van der Waals surface area contributed by atoms with Crippen molar-refractivity contribution in [2.75, 3.05) is 6.54 Å². The summed E-state index contributed by atoms with van der Waals surface area (Å²) in [5.74, 6) is 0. The number of nitrogens with one attached hydrogen (secondary N) is 1. The van der Waals surface area contributed by atoms with Crippen LogP contribution in [0.3, 0.4) is 0 Å². The molecule has 102 valence electrons. The van der Waals surface area contributed by atoms with Gasteiger partial charge in [0.05, 0.1) is 0 Å². The highest BCUT2D eigenvalue weighted by atomic mass is 32.2. The Balaban J connectivity index is 0. The van der Waals surface area contributed by atoms with Crippen LogP contribution in [0.4, 0.5) is 0 Å². The molecule has 0 radical (unpaired) electrons. The maximum atomic E-state index is 11.9. The minimum absolute atomic E-state index is 0. The van der Waals surface area contributed by atoms with Crippen LogP contribution in [0.25, 0.3) is 6.08 Å². The summed E-state index contributed by atoms with van der Waals surface area (Å²) in [6, 6.07) is 1.60. The Morgan fingerprint density at radius 1 is 1.56 bits per heavy atom. The molecule has 0 spiro atoms. The third-order valence-corrected chi connectivity index (χ3v) is 3.33. The summed E-state index contributed by atoms with van der Waals surface area (Å²) in [6.07, 6.45) is 4.31. The lowest BCUT2D eigenvalue weighted by Crippen LogP contribution is -2.26. The first-order valence-corrected chi connectivity index (χ1v) is 7.16. The molecule has 0 aliphatic carbocycles. The Labute approximate surface area is 111 Å². The lowest BCUT2D eigenvalue weighted by molar-refractivity contribution is 0.584. The summed E-state index contributed by atoms with van der Waals surface area (Å²) >= 11 is 0. The Morgan fingerprint density at radius 2 is 2.17 bits per heavy atom. The number of sulfonamides is 1. The fourth-order valence-corrected chi connectivity index (χ4v) is 2.33. The predicted octanol–water partition coefficient (Wildman–Crippen LogP) is 2.85. The van der Waals surface area contributed by atoms with Gasteiger partial charge in [0.15, 0.2) is 0 Å². The van der Waals surface area contributed by atoms with Crippen LogP contribution in [0.2, 0.25) is 0 Å². The molecule has 4 nitrogen and oxygen atoms in total. The fourth-order valence-electron chi connectivity index (χ4n) is 1.08. The van der Waals surface area contributed by atoms with E-state index in [0.717, 1.165) is 5.57 Å². The molecule has 0 saturated carbocycles. The normalized spacial score (nSPS) is 10.2. The first kappa shape index (κ1) is 16.5. The first-order valence-electron chi connectivity index (χ1n) is 5.68. The molecule has 0 aromatic carbocycles. The van der Waals surface area contributed by atoms with Gasteiger partial charge in [-0.05, 0) is 18.6 Å². The highest BCUT2D eigenvalue weighted by molar-refractivity contribution is 7.89. The van der Waals surface area contributed by atoms with E-state index >= 15 is 0 Å². The zero-order valence-corrected chi connectivity index (χ0v) is 11.9. The molecule has 18 heavy (non-hydrogen) atoms. The summed E-state index contributed by atoms with van der Waals surface area (Å²) in [5.41, 5.74) is 1.27. The van der Waals surface area contributed by atoms with Gasteiger partial charge in [-0.2, -0.15) is 0 Å². The molecule has 0 saturated heterocycles. The van der Waals surface area contributed by atoms with E-state index in [2.05, 4.69) is 22.9 Å². The largest absolute Gasteiger partial charge is 0.263 e. The van der Waals surface area contributed by atoms with Crippen LogP contribution < -0.4 is 4.72 Å². The van der Waals surface area contributed by atoms with Crippen LogP contribution >= 0.6 is 0 Å². The van der Waals surface area contributed by atoms with Crippen molar-refractivity contribution in [1.29, 1.82) is 0 Å². The van der Waals surface area contributed by atoms with Gasteiger partial charge in [0.25, 0.3) is 0 Å². The lowest BCUT2D eigenvalue weighted by atomic mass is 10.3. The average molecular weight is 270 g/mol. The molecule has 0 aliphatic rings. The maximum absolute atomic E-state index is 11.9. The molecule has 1 rings (SSSR count). The minimum Gasteiger partial charge on any atom is -0.263 e. The third kappa shape index (κ3) is 4.81.